The van der Waals surface area contributed by atoms with Crippen LogP contribution in [0, 0.1) is 0 Å². The number of methoxy groups -OCH3 is 1. The highest BCUT2D eigenvalue weighted by Gasteiger charge is 2.28. The number of unbranched alkanes of at least 4 members (excludes halogenated alkanes) is 1. The standard InChI is InChI=1S/C17H26N2O3/c1-3-4-8-15(18)17(20)19-9-10-22-16(12-19)13-6-5-7-14(11-13)21-2/h5-7,11,15-16H,3-4,8-10,12,18H2,1-2H3/t15-,16+/m0/s1. The minimum Gasteiger partial charge on any atom is -0.497 e. The predicted octanol–water partition coefficient (Wildman–Crippen LogP) is 2.11. The van der Waals surface area contributed by atoms with Crippen LogP contribution in [-0.2, 0) is 9.53 Å². The minimum atomic E-state index is -0.399. The zero-order valence-electron chi connectivity index (χ0n) is 13.5. The van der Waals surface area contributed by atoms with Gasteiger partial charge in [0.1, 0.15) is 11.9 Å². The summed E-state index contributed by atoms with van der Waals surface area (Å²) < 4.78 is 11.1. The average molecular weight is 306 g/mol. The highest BCUT2D eigenvalue weighted by atomic mass is 16.5. The van der Waals surface area contributed by atoms with E-state index in [1.807, 2.05) is 29.2 Å². The molecule has 0 bridgehead atoms. The second-order valence-electron chi connectivity index (χ2n) is 5.67. The summed E-state index contributed by atoms with van der Waals surface area (Å²) in [4.78, 5) is 14.3. The van der Waals surface area contributed by atoms with Crippen molar-refractivity contribution in [2.75, 3.05) is 26.8 Å². The number of amides is 1. The Morgan fingerprint density at radius 1 is 1.55 bits per heavy atom. The van der Waals surface area contributed by atoms with Crippen molar-refractivity contribution in [3.63, 3.8) is 0 Å². The van der Waals surface area contributed by atoms with Gasteiger partial charge < -0.3 is 20.1 Å². The summed E-state index contributed by atoms with van der Waals surface area (Å²) >= 11 is 0. The molecule has 0 unspecified atom stereocenters. The number of nitrogens with two attached hydrogens (primary N) is 1. The molecule has 22 heavy (non-hydrogen) atoms. The lowest BCUT2D eigenvalue weighted by atomic mass is 10.1. The summed E-state index contributed by atoms with van der Waals surface area (Å²) in [7, 11) is 1.64. The van der Waals surface area contributed by atoms with E-state index in [2.05, 4.69) is 6.92 Å². The first kappa shape index (κ1) is 16.8. The SMILES string of the molecule is CCCC[C@H](N)C(=O)N1CCO[C@@H](c2cccc(OC)c2)C1. The van der Waals surface area contributed by atoms with Crippen LogP contribution in [0.5, 0.6) is 5.75 Å². The third kappa shape index (κ3) is 4.21. The van der Waals surface area contributed by atoms with Gasteiger partial charge in [-0.15, -0.1) is 0 Å². The molecule has 1 fully saturated rings. The van der Waals surface area contributed by atoms with Gasteiger partial charge >= 0.3 is 0 Å². The number of ether oxygens (including phenoxy) is 2. The van der Waals surface area contributed by atoms with Crippen molar-refractivity contribution in [1.29, 1.82) is 0 Å². The van der Waals surface area contributed by atoms with E-state index in [4.69, 9.17) is 15.2 Å². The fourth-order valence-electron chi connectivity index (χ4n) is 2.67. The summed E-state index contributed by atoms with van der Waals surface area (Å²) in [5.41, 5.74) is 7.04. The van der Waals surface area contributed by atoms with Crippen molar-refractivity contribution in [3.05, 3.63) is 29.8 Å². The molecular formula is C17H26N2O3. The number of carbonyl (C=O) groups is 1. The number of hydrogen-bond acceptors (Lipinski definition) is 4. The Hall–Kier alpha value is -1.59. The van der Waals surface area contributed by atoms with E-state index in [9.17, 15) is 4.79 Å². The van der Waals surface area contributed by atoms with Crippen LogP contribution < -0.4 is 10.5 Å². The number of morpholine rings is 1. The average Bonchev–Trinajstić information content (AvgIpc) is 2.59. The Kier molecular flexibility index (Phi) is 6.21. The zero-order chi connectivity index (χ0) is 15.9. The molecule has 0 saturated carbocycles. The molecule has 1 saturated heterocycles. The van der Waals surface area contributed by atoms with Crippen LogP contribution in [0.2, 0.25) is 0 Å². The van der Waals surface area contributed by atoms with Gasteiger partial charge in [-0.2, -0.15) is 0 Å². The normalized spacial score (nSPS) is 19.8. The fraction of sp³-hybridized carbons (Fsp3) is 0.588. The molecule has 0 aliphatic carbocycles. The lowest BCUT2D eigenvalue weighted by Crippen LogP contribution is -2.49. The molecule has 1 aromatic carbocycles. The van der Waals surface area contributed by atoms with Crippen molar-refractivity contribution in [1.82, 2.24) is 4.90 Å². The third-order valence-electron chi connectivity index (χ3n) is 4.03. The Morgan fingerprint density at radius 3 is 3.09 bits per heavy atom. The summed E-state index contributed by atoms with van der Waals surface area (Å²) in [5.74, 6) is 0.828. The lowest BCUT2D eigenvalue weighted by molar-refractivity contribution is -0.140. The number of nitrogens with zero attached hydrogens (tertiary/aromatic N) is 1. The molecule has 0 aromatic heterocycles. The highest BCUT2D eigenvalue weighted by Crippen LogP contribution is 2.25. The van der Waals surface area contributed by atoms with Crippen LogP contribution in [0.25, 0.3) is 0 Å². The quantitative estimate of drug-likeness (QED) is 0.874. The molecule has 5 nitrogen and oxygen atoms in total. The molecule has 1 amide bonds. The molecule has 2 N–H and O–H groups in total. The molecule has 2 atom stereocenters. The van der Waals surface area contributed by atoms with E-state index < -0.39 is 6.04 Å². The van der Waals surface area contributed by atoms with Crippen molar-refractivity contribution >= 4 is 5.91 Å². The Balaban J connectivity index is 2.00. The maximum Gasteiger partial charge on any atom is 0.239 e. The van der Waals surface area contributed by atoms with Gasteiger partial charge in [0.15, 0.2) is 0 Å². The van der Waals surface area contributed by atoms with Gasteiger partial charge in [-0.3, -0.25) is 4.79 Å². The van der Waals surface area contributed by atoms with Gasteiger partial charge in [-0.05, 0) is 24.1 Å². The van der Waals surface area contributed by atoms with Gasteiger partial charge in [0.2, 0.25) is 5.91 Å². The molecule has 1 aliphatic rings. The van der Waals surface area contributed by atoms with E-state index in [1.54, 1.807) is 7.11 Å². The van der Waals surface area contributed by atoms with Crippen molar-refractivity contribution in [3.8, 4) is 5.75 Å². The molecule has 5 heteroatoms. The van der Waals surface area contributed by atoms with Gasteiger partial charge in [0, 0.05) is 6.54 Å². The van der Waals surface area contributed by atoms with Gasteiger partial charge in [0.25, 0.3) is 0 Å². The molecule has 1 aliphatic heterocycles. The number of rotatable bonds is 6. The molecule has 1 aromatic rings. The molecule has 122 valence electrons. The van der Waals surface area contributed by atoms with Crippen LogP contribution in [0.1, 0.15) is 37.9 Å². The Bertz CT molecular complexity index is 493. The minimum absolute atomic E-state index is 0.0321. The monoisotopic (exact) mass is 306 g/mol. The van der Waals surface area contributed by atoms with Crippen LogP contribution in [-0.4, -0.2) is 43.7 Å². The summed E-state index contributed by atoms with van der Waals surface area (Å²) in [5, 5.41) is 0. The maximum atomic E-state index is 12.4. The summed E-state index contributed by atoms with van der Waals surface area (Å²) in [6.07, 6.45) is 2.66. The Labute approximate surface area is 132 Å². The smallest absolute Gasteiger partial charge is 0.239 e. The second-order valence-corrected chi connectivity index (χ2v) is 5.67. The third-order valence-corrected chi connectivity index (χ3v) is 4.03. The first-order valence-electron chi connectivity index (χ1n) is 7.95. The number of carbonyl (C=O) groups excluding carboxylic acids is 1. The fourth-order valence-corrected chi connectivity index (χ4v) is 2.67. The second kappa shape index (κ2) is 8.15. The van der Waals surface area contributed by atoms with E-state index >= 15 is 0 Å². The first-order chi connectivity index (χ1) is 10.7. The van der Waals surface area contributed by atoms with Crippen LogP contribution >= 0.6 is 0 Å². The maximum absolute atomic E-state index is 12.4. The molecule has 0 radical (unpaired) electrons. The molecule has 1 heterocycles. The van der Waals surface area contributed by atoms with Crippen molar-refractivity contribution < 1.29 is 14.3 Å². The van der Waals surface area contributed by atoms with Crippen LogP contribution in [0.4, 0.5) is 0 Å². The van der Waals surface area contributed by atoms with Crippen LogP contribution in [0.15, 0.2) is 24.3 Å². The largest absolute Gasteiger partial charge is 0.497 e. The van der Waals surface area contributed by atoms with Crippen molar-refractivity contribution in [2.24, 2.45) is 5.73 Å². The van der Waals surface area contributed by atoms with Crippen molar-refractivity contribution in [2.45, 2.75) is 38.3 Å². The lowest BCUT2D eigenvalue weighted by Gasteiger charge is -2.34. The number of benzene rings is 1. The van der Waals surface area contributed by atoms with E-state index in [0.717, 1.165) is 30.6 Å². The number of hydrogen-bond donors (Lipinski definition) is 1. The highest BCUT2D eigenvalue weighted by molar-refractivity contribution is 5.81. The van der Waals surface area contributed by atoms with Gasteiger partial charge in [-0.1, -0.05) is 31.9 Å². The molecular weight excluding hydrogens is 280 g/mol. The first-order valence-corrected chi connectivity index (χ1v) is 7.95. The van der Waals surface area contributed by atoms with E-state index in [0.29, 0.717) is 19.7 Å². The topological polar surface area (TPSA) is 64.8 Å². The van der Waals surface area contributed by atoms with E-state index in [1.165, 1.54) is 0 Å². The summed E-state index contributed by atoms with van der Waals surface area (Å²) in [6.45, 7) is 3.80. The van der Waals surface area contributed by atoms with Gasteiger partial charge in [0.05, 0.1) is 26.3 Å². The molecule has 0 spiro atoms. The van der Waals surface area contributed by atoms with Crippen LogP contribution in [0.3, 0.4) is 0 Å². The summed E-state index contributed by atoms with van der Waals surface area (Å²) in [6, 6.07) is 7.39. The van der Waals surface area contributed by atoms with E-state index in [-0.39, 0.29) is 12.0 Å². The predicted molar refractivity (Wildman–Crippen MR) is 85.8 cm³/mol. The zero-order valence-corrected chi connectivity index (χ0v) is 13.5. The molecule has 2 rings (SSSR count). The Morgan fingerprint density at radius 2 is 2.36 bits per heavy atom. The van der Waals surface area contributed by atoms with Gasteiger partial charge in [-0.25, -0.2) is 0 Å².